The fourth-order valence-corrected chi connectivity index (χ4v) is 3.11. The highest BCUT2D eigenvalue weighted by atomic mass is 19.1. The summed E-state index contributed by atoms with van der Waals surface area (Å²) in [6.07, 6.45) is -1.10. The van der Waals surface area contributed by atoms with Crippen LogP contribution in [-0.4, -0.2) is 77.5 Å². The van der Waals surface area contributed by atoms with Gasteiger partial charge in [-0.1, -0.05) is 12.1 Å². The van der Waals surface area contributed by atoms with Gasteiger partial charge in [0.2, 0.25) is 5.91 Å². The number of nitrogens with zero attached hydrogens (tertiary/aromatic N) is 3. The van der Waals surface area contributed by atoms with Crippen LogP contribution in [0, 0.1) is 5.82 Å². The molecule has 0 radical (unpaired) electrons. The van der Waals surface area contributed by atoms with Crippen LogP contribution in [0.3, 0.4) is 0 Å². The third-order valence-electron chi connectivity index (χ3n) is 4.40. The van der Waals surface area contributed by atoms with Crippen LogP contribution in [-0.2, 0) is 16.0 Å². The maximum Gasteiger partial charge on any atom is 0.426 e. The number of rotatable bonds is 3. The van der Waals surface area contributed by atoms with Crippen LogP contribution in [0.2, 0.25) is 0 Å². The summed E-state index contributed by atoms with van der Waals surface area (Å²) in [5.41, 5.74) is 0.654. The Morgan fingerprint density at radius 3 is 2.38 bits per heavy atom. The second-order valence-corrected chi connectivity index (χ2v) is 5.95. The van der Waals surface area contributed by atoms with E-state index in [0.717, 1.165) is 18.1 Å². The van der Waals surface area contributed by atoms with Gasteiger partial charge in [0.15, 0.2) is 0 Å². The van der Waals surface area contributed by atoms with Crippen molar-refractivity contribution in [1.29, 1.82) is 0 Å². The van der Waals surface area contributed by atoms with Crippen molar-refractivity contribution >= 4 is 12.0 Å². The highest BCUT2D eigenvalue weighted by Gasteiger charge is 2.39. The lowest BCUT2D eigenvalue weighted by Gasteiger charge is -2.31. The van der Waals surface area contributed by atoms with Gasteiger partial charge in [-0.05, 0) is 17.7 Å². The van der Waals surface area contributed by atoms with Crippen LogP contribution in [0.15, 0.2) is 24.3 Å². The lowest BCUT2D eigenvalue weighted by atomic mass is 10.1. The standard InChI is InChI=1S/C16H20FN3O4/c17-13-3-1-12(2-4-13)9-15(21)19-10-14(11-20(19)16(22)23)18-5-7-24-8-6-18/h1-4,14H,5-11H2,(H,22,23). The van der Waals surface area contributed by atoms with Gasteiger partial charge in [0, 0.05) is 19.1 Å². The van der Waals surface area contributed by atoms with E-state index in [2.05, 4.69) is 4.90 Å². The molecule has 0 aliphatic carbocycles. The van der Waals surface area contributed by atoms with Gasteiger partial charge in [0.1, 0.15) is 5.82 Å². The zero-order chi connectivity index (χ0) is 17.1. The minimum Gasteiger partial charge on any atom is -0.464 e. The zero-order valence-electron chi connectivity index (χ0n) is 13.2. The third kappa shape index (κ3) is 3.65. The molecule has 0 spiro atoms. The molecule has 0 aromatic heterocycles. The van der Waals surface area contributed by atoms with E-state index in [0.29, 0.717) is 25.3 Å². The molecular weight excluding hydrogens is 317 g/mol. The molecule has 2 aliphatic rings. The molecule has 7 nitrogen and oxygen atoms in total. The van der Waals surface area contributed by atoms with E-state index in [4.69, 9.17) is 4.74 Å². The monoisotopic (exact) mass is 337 g/mol. The van der Waals surface area contributed by atoms with Crippen LogP contribution in [0.5, 0.6) is 0 Å². The van der Waals surface area contributed by atoms with Crippen molar-refractivity contribution in [3.8, 4) is 0 Å². The Labute approximate surface area is 139 Å². The van der Waals surface area contributed by atoms with Gasteiger partial charge < -0.3 is 9.84 Å². The Morgan fingerprint density at radius 1 is 1.12 bits per heavy atom. The summed E-state index contributed by atoms with van der Waals surface area (Å²) in [6.45, 7) is 3.31. The van der Waals surface area contributed by atoms with E-state index in [1.54, 1.807) is 0 Å². The quantitative estimate of drug-likeness (QED) is 0.883. The molecule has 0 bridgehead atoms. The van der Waals surface area contributed by atoms with Crippen LogP contribution < -0.4 is 0 Å². The normalized spacial score (nSPS) is 22.0. The van der Waals surface area contributed by atoms with E-state index in [-0.39, 0.29) is 30.7 Å². The Balaban J connectivity index is 1.68. The van der Waals surface area contributed by atoms with Crippen LogP contribution in [0.1, 0.15) is 5.56 Å². The molecule has 1 aromatic carbocycles. The number of morpholine rings is 1. The molecule has 2 fully saturated rings. The molecule has 8 heteroatoms. The highest BCUT2D eigenvalue weighted by Crippen LogP contribution is 2.19. The number of carbonyl (C=O) groups excluding carboxylic acids is 1. The number of ether oxygens (including phenoxy) is 1. The number of hydrazine groups is 1. The number of benzene rings is 1. The Morgan fingerprint density at radius 2 is 1.75 bits per heavy atom. The summed E-state index contributed by atoms with van der Waals surface area (Å²) in [6, 6.07) is 5.62. The molecule has 2 saturated heterocycles. The van der Waals surface area contributed by atoms with Crippen molar-refractivity contribution in [2.45, 2.75) is 12.5 Å². The predicted octanol–water partition coefficient (Wildman–Crippen LogP) is 0.806. The van der Waals surface area contributed by atoms with Crippen molar-refractivity contribution in [2.24, 2.45) is 0 Å². The molecule has 1 atom stereocenters. The first kappa shape index (κ1) is 16.7. The van der Waals surface area contributed by atoms with Gasteiger partial charge in [0.05, 0.1) is 32.7 Å². The smallest absolute Gasteiger partial charge is 0.426 e. The fourth-order valence-electron chi connectivity index (χ4n) is 3.11. The first-order chi connectivity index (χ1) is 11.5. The maximum absolute atomic E-state index is 13.0. The minimum atomic E-state index is -1.14. The van der Waals surface area contributed by atoms with Gasteiger partial charge in [-0.15, -0.1) is 0 Å². The molecule has 1 N–H and O–H groups in total. The Bertz CT molecular complexity index is 604. The lowest BCUT2D eigenvalue weighted by Crippen LogP contribution is -2.46. The summed E-state index contributed by atoms with van der Waals surface area (Å²) in [5, 5.41) is 11.7. The Hall–Kier alpha value is -2.19. The van der Waals surface area contributed by atoms with Crippen molar-refractivity contribution in [2.75, 3.05) is 39.4 Å². The van der Waals surface area contributed by atoms with Gasteiger partial charge in [-0.3, -0.25) is 9.69 Å². The summed E-state index contributed by atoms with van der Waals surface area (Å²) in [5.74, 6) is -0.674. The molecule has 130 valence electrons. The molecule has 0 saturated carbocycles. The van der Waals surface area contributed by atoms with E-state index in [9.17, 15) is 19.1 Å². The van der Waals surface area contributed by atoms with Crippen molar-refractivity contribution in [3.63, 3.8) is 0 Å². The molecule has 2 amide bonds. The molecule has 1 unspecified atom stereocenters. The first-order valence-electron chi connectivity index (χ1n) is 7.91. The Kier molecular flexibility index (Phi) is 4.96. The molecule has 3 rings (SSSR count). The van der Waals surface area contributed by atoms with E-state index >= 15 is 0 Å². The number of halogens is 1. The topological polar surface area (TPSA) is 73.3 Å². The average Bonchev–Trinajstić information content (AvgIpc) is 3.03. The second kappa shape index (κ2) is 7.14. The number of amides is 2. The number of hydrogen-bond donors (Lipinski definition) is 1. The van der Waals surface area contributed by atoms with Crippen LogP contribution in [0.4, 0.5) is 9.18 Å². The molecule has 2 aliphatic heterocycles. The third-order valence-corrected chi connectivity index (χ3v) is 4.40. The summed E-state index contributed by atoms with van der Waals surface area (Å²) >= 11 is 0. The SMILES string of the molecule is O=C(O)N1CC(N2CCOCC2)CN1C(=O)Cc1ccc(F)cc1. The fraction of sp³-hybridized carbons (Fsp3) is 0.500. The van der Waals surface area contributed by atoms with Crippen molar-refractivity contribution in [3.05, 3.63) is 35.6 Å². The van der Waals surface area contributed by atoms with E-state index in [1.165, 1.54) is 29.3 Å². The number of carbonyl (C=O) groups is 2. The van der Waals surface area contributed by atoms with Gasteiger partial charge in [0.25, 0.3) is 0 Å². The van der Waals surface area contributed by atoms with Crippen LogP contribution >= 0.6 is 0 Å². The largest absolute Gasteiger partial charge is 0.464 e. The molecule has 2 heterocycles. The average molecular weight is 337 g/mol. The zero-order valence-corrected chi connectivity index (χ0v) is 13.2. The number of hydrogen-bond acceptors (Lipinski definition) is 4. The van der Waals surface area contributed by atoms with Crippen molar-refractivity contribution in [1.82, 2.24) is 14.9 Å². The molecule has 24 heavy (non-hydrogen) atoms. The van der Waals surface area contributed by atoms with Gasteiger partial charge in [-0.2, -0.15) is 0 Å². The van der Waals surface area contributed by atoms with Gasteiger partial charge in [-0.25, -0.2) is 19.2 Å². The second-order valence-electron chi connectivity index (χ2n) is 5.95. The summed E-state index contributed by atoms with van der Waals surface area (Å²) in [7, 11) is 0. The predicted molar refractivity (Wildman–Crippen MR) is 82.7 cm³/mol. The molecular formula is C16H20FN3O4. The number of carboxylic acid groups (broad SMARTS) is 1. The summed E-state index contributed by atoms with van der Waals surface area (Å²) < 4.78 is 18.3. The van der Waals surface area contributed by atoms with Crippen LogP contribution in [0.25, 0.3) is 0 Å². The highest BCUT2D eigenvalue weighted by molar-refractivity contribution is 5.81. The lowest BCUT2D eigenvalue weighted by molar-refractivity contribution is -0.140. The van der Waals surface area contributed by atoms with Crippen molar-refractivity contribution < 1.29 is 23.8 Å². The first-order valence-corrected chi connectivity index (χ1v) is 7.91. The molecule has 1 aromatic rings. The van der Waals surface area contributed by atoms with Gasteiger partial charge >= 0.3 is 6.09 Å². The minimum absolute atomic E-state index is 0.0258. The summed E-state index contributed by atoms with van der Waals surface area (Å²) in [4.78, 5) is 26.2. The van der Waals surface area contributed by atoms with E-state index in [1.807, 2.05) is 0 Å². The van der Waals surface area contributed by atoms with E-state index < -0.39 is 6.09 Å². The maximum atomic E-state index is 13.0.